The van der Waals surface area contributed by atoms with Crippen molar-refractivity contribution < 1.29 is 4.74 Å². The number of rotatable bonds is 1. The van der Waals surface area contributed by atoms with Crippen LogP contribution in [-0.2, 0) is 15.7 Å². The molecule has 1 fully saturated rings. The van der Waals surface area contributed by atoms with Crippen molar-refractivity contribution in [2.75, 3.05) is 13.2 Å². The summed E-state index contributed by atoms with van der Waals surface area (Å²) in [6, 6.07) is 0. The summed E-state index contributed by atoms with van der Waals surface area (Å²) in [5.41, 5.74) is 1.37. The van der Waals surface area contributed by atoms with Crippen molar-refractivity contribution >= 4 is 12.2 Å². The second-order valence-electron chi connectivity index (χ2n) is 5.86. The van der Waals surface area contributed by atoms with E-state index in [1.165, 1.54) is 5.69 Å². The highest BCUT2D eigenvalue weighted by Crippen LogP contribution is 2.33. The maximum absolute atomic E-state index is 5.53. The average Bonchev–Trinajstić information content (AvgIpc) is 2.71. The van der Waals surface area contributed by atoms with E-state index in [9.17, 15) is 0 Å². The van der Waals surface area contributed by atoms with Gasteiger partial charge in [-0.2, -0.15) is 0 Å². The van der Waals surface area contributed by atoms with Crippen molar-refractivity contribution in [2.45, 2.75) is 45.1 Å². The van der Waals surface area contributed by atoms with E-state index in [4.69, 9.17) is 17.0 Å². The Balaban J connectivity index is 2.55. The molecule has 1 N–H and O–H groups in total. The highest BCUT2D eigenvalue weighted by atomic mass is 32.1. The summed E-state index contributed by atoms with van der Waals surface area (Å²) >= 11 is 5.40. The van der Waals surface area contributed by atoms with Gasteiger partial charge in [-0.1, -0.05) is 20.8 Å². The van der Waals surface area contributed by atoms with Crippen LogP contribution in [0, 0.1) is 4.77 Å². The molecule has 1 aromatic rings. The van der Waals surface area contributed by atoms with Crippen LogP contribution in [0.2, 0.25) is 0 Å². The molecule has 1 aromatic heterocycles. The minimum Gasteiger partial charge on any atom is -0.379 e. The predicted molar refractivity (Wildman–Crippen MR) is 67.4 cm³/mol. The molecule has 1 aliphatic rings. The Morgan fingerprint density at radius 3 is 2.69 bits per heavy atom. The van der Waals surface area contributed by atoms with Crippen molar-refractivity contribution in [3.05, 3.63) is 16.7 Å². The zero-order valence-electron chi connectivity index (χ0n) is 10.5. The van der Waals surface area contributed by atoms with E-state index in [0.29, 0.717) is 0 Å². The zero-order valence-corrected chi connectivity index (χ0v) is 11.3. The van der Waals surface area contributed by atoms with Gasteiger partial charge in [0.2, 0.25) is 0 Å². The van der Waals surface area contributed by atoms with Crippen LogP contribution in [-0.4, -0.2) is 22.8 Å². The van der Waals surface area contributed by atoms with Gasteiger partial charge in [-0.3, -0.25) is 0 Å². The first-order chi connectivity index (χ1) is 7.34. The van der Waals surface area contributed by atoms with Gasteiger partial charge in [0.1, 0.15) is 0 Å². The molecule has 0 amide bonds. The van der Waals surface area contributed by atoms with Crippen LogP contribution in [0.5, 0.6) is 0 Å². The molecule has 3 nitrogen and oxygen atoms in total. The van der Waals surface area contributed by atoms with E-state index >= 15 is 0 Å². The number of hydrogen-bond donors (Lipinski definition) is 1. The molecule has 0 radical (unpaired) electrons. The van der Waals surface area contributed by atoms with E-state index in [1.807, 2.05) is 6.20 Å². The Bertz CT molecular complexity index is 433. The molecule has 1 saturated heterocycles. The quantitative estimate of drug-likeness (QED) is 0.765. The fraction of sp³-hybridized carbons (Fsp3) is 0.750. The Morgan fingerprint density at radius 2 is 2.19 bits per heavy atom. The average molecular weight is 240 g/mol. The Morgan fingerprint density at radius 1 is 1.50 bits per heavy atom. The van der Waals surface area contributed by atoms with Crippen LogP contribution < -0.4 is 0 Å². The van der Waals surface area contributed by atoms with Gasteiger partial charge in [0.15, 0.2) is 4.77 Å². The highest BCUT2D eigenvalue weighted by molar-refractivity contribution is 7.71. The van der Waals surface area contributed by atoms with Gasteiger partial charge in [0.05, 0.1) is 12.1 Å². The van der Waals surface area contributed by atoms with E-state index < -0.39 is 0 Å². The third-order valence-electron chi connectivity index (χ3n) is 3.28. The molecule has 0 spiro atoms. The second-order valence-corrected chi connectivity index (χ2v) is 6.25. The van der Waals surface area contributed by atoms with Gasteiger partial charge < -0.3 is 14.3 Å². The summed E-state index contributed by atoms with van der Waals surface area (Å²) < 4.78 is 8.57. The minimum atomic E-state index is 0.0136. The van der Waals surface area contributed by atoms with Crippen LogP contribution in [0.15, 0.2) is 6.20 Å². The van der Waals surface area contributed by atoms with E-state index in [1.54, 1.807) is 0 Å². The van der Waals surface area contributed by atoms with Gasteiger partial charge in [-0.15, -0.1) is 0 Å². The van der Waals surface area contributed by atoms with Crippen LogP contribution in [0.4, 0.5) is 0 Å². The molecular formula is C12H20N2OS. The maximum atomic E-state index is 5.53. The molecule has 16 heavy (non-hydrogen) atoms. The first-order valence-corrected chi connectivity index (χ1v) is 6.15. The molecule has 4 heteroatoms. The van der Waals surface area contributed by atoms with Crippen LogP contribution >= 0.6 is 12.2 Å². The maximum Gasteiger partial charge on any atom is 0.177 e. The smallest absolute Gasteiger partial charge is 0.177 e. The minimum absolute atomic E-state index is 0.0136. The van der Waals surface area contributed by atoms with E-state index in [2.05, 4.69) is 37.2 Å². The summed E-state index contributed by atoms with van der Waals surface area (Å²) in [5, 5.41) is 0. The second kappa shape index (κ2) is 3.70. The van der Waals surface area contributed by atoms with Gasteiger partial charge in [0, 0.05) is 23.9 Å². The van der Waals surface area contributed by atoms with Crippen molar-refractivity contribution in [1.29, 1.82) is 0 Å². The lowest BCUT2D eigenvalue weighted by molar-refractivity contribution is 0.158. The lowest BCUT2D eigenvalue weighted by atomic mass is 9.90. The van der Waals surface area contributed by atoms with Crippen molar-refractivity contribution in [3.8, 4) is 0 Å². The number of imidazole rings is 1. The zero-order chi connectivity index (χ0) is 12.0. The molecule has 1 unspecified atom stereocenters. The third-order valence-corrected chi connectivity index (χ3v) is 3.58. The fourth-order valence-corrected chi connectivity index (χ4v) is 2.67. The topological polar surface area (TPSA) is 29.9 Å². The summed E-state index contributed by atoms with van der Waals surface area (Å²) in [6.45, 7) is 10.4. The number of aromatic amines is 1. The monoisotopic (exact) mass is 240 g/mol. The first kappa shape index (κ1) is 11.9. The van der Waals surface area contributed by atoms with Crippen molar-refractivity contribution in [2.24, 2.45) is 0 Å². The molecule has 2 rings (SSSR count). The molecule has 1 aliphatic heterocycles. The van der Waals surface area contributed by atoms with Crippen LogP contribution in [0.3, 0.4) is 0 Å². The number of nitrogens with one attached hydrogen (secondary N) is 1. The lowest BCUT2D eigenvalue weighted by Crippen LogP contribution is -2.34. The van der Waals surface area contributed by atoms with Crippen molar-refractivity contribution in [1.82, 2.24) is 9.55 Å². The Kier molecular flexibility index (Phi) is 2.75. The summed E-state index contributed by atoms with van der Waals surface area (Å²) in [5.74, 6) is 0. The molecule has 0 aromatic carbocycles. The van der Waals surface area contributed by atoms with Crippen molar-refractivity contribution in [3.63, 3.8) is 0 Å². The SMILES string of the molecule is CC(C)(C)c1c[nH]c(=S)n1C1(C)CCOC1. The molecule has 2 heterocycles. The first-order valence-electron chi connectivity index (χ1n) is 5.74. The largest absolute Gasteiger partial charge is 0.379 e. The molecule has 1 atom stereocenters. The van der Waals surface area contributed by atoms with E-state index in [0.717, 1.165) is 24.4 Å². The molecule has 90 valence electrons. The predicted octanol–water partition coefficient (Wildman–Crippen LogP) is 2.98. The van der Waals surface area contributed by atoms with Gasteiger partial charge >= 0.3 is 0 Å². The van der Waals surface area contributed by atoms with Gasteiger partial charge in [-0.05, 0) is 25.6 Å². The standard InChI is InChI=1S/C12H20N2OS/c1-11(2,3)9-7-13-10(16)14(9)12(4)5-6-15-8-12/h7H,5-6,8H2,1-4H3,(H,13,16). The molecule has 0 bridgehead atoms. The summed E-state index contributed by atoms with van der Waals surface area (Å²) in [4.78, 5) is 3.17. The Labute approximate surface area is 102 Å². The molecular weight excluding hydrogens is 220 g/mol. The molecule has 0 aliphatic carbocycles. The lowest BCUT2D eigenvalue weighted by Gasteiger charge is -2.31. The Hall–Kier alpha value is -0.610. The fourth-order valence-electron chi connectivity index (χ4n) is 2.29. The van der Waals surface area contributed by atoms with E-state index in [-0.39, 0.29) is 11.0 Å². The van der Waals surface area contributed by atoms with Gasteiger partial charge in [-0.25, -0.2) is 0 Å². The van der Waals surface area contributed by atoms with Crippen LogP contribution in [0.1, 0.15) is 39.8 Å². The highest BCUT2D eigenvalue weighted by Gasteiger charge is 2.35. The number of hydrogen-bond acceptors (Lipinski definition) is 2. The molecule has 0 saturated carbocycles. The number of aromatic nitrogens is 2. The number of H-pyrrole nitrogens is 1. The van der Waals surface area contributed by atoms with Gasteiger partial charge in [0.25, 0.3) is 0 Å². The summed E-state index contributed by atoms with van der Waals surface area (Å²) in [7, 11) is 0. The third kappa shape index (κ3) is 1.84. The number of ether oxygens (including phenoxy) is 1. The van der Waals surface area contributed by atoms with Crippen LogP contribution in [0.25, 0.3) is 0 Å². The number of nitrogens with zero attached hydrogens (tertiary/aromatic N) is 1. The summed E-state index contributed by atoms with van der Waals surface area (Å²) in [6.07, 6.45) is 3.06. The normalized spacial score (nSPS) is 26.2.